The zero-order valence-electron chi connectivity index (χ0n) is 13.5. The first-order valence-corrected chi connectivity index (χ1v) is 8.89. The number of carbonyl (C=O) groups excluding carboxylic acids is 1. The molecule has 6 heteroatoms. The monoisotopic (exact) mass is 405 g/mol. The van der Waals surface area contributed by atoms with E-state index >= 15 is 0 Å². The van der Waals surface area contributed by atoms with Crippen molar-refractivity contribution in [1.82, 2.24) is 0 Å². The standard InChI is InChI=1S/C20H14Cl3NO2/c21-16-5-2-1-4-14(16)12-26-15-10-8-13(9-11-15)20(25)24-18-7-3-6-17(22)19(18)23/h1-11H,12H2,(H,24,25). The zero-order valence-corrected chi connectivity index (χ0v) is 15.8. The van der Waals surface area contributed by atoms with Crippen LogP contribution in [0.25, 0.3) is 0 Å². The van der Waals surface area contributed by atoms with E-state index < -0.39 is 0 Å². The van der Waals surface area contributed by atoms with E-state index in [0.717, 1.165) is 5.56 Å². The first-order valence-electron chi connectivity index (χ1n) is 7.76. The molecule has 0 heterocycles. The van der Waals surface area contributed by atoms with Gasteiger partial charge in [-0.05, 0) is 42.5 Å². The smallest absolute Gasteiger partial charge is 0.255 e. The molecule has 1 amide bonds. The molecule has 3 rings (SSSR count). The van der Waals surface area contributed by atoms with Crippen molar-refractivity contribution in [3.05, 3.63) is 92.9 Å². The Bertz CT molecular complexity index is 927. The first kappa shape index (κ1) is 18.6. The lowest BCUT2D eigenvalue weighted by molar-refractivity contribution is 0.102. The highest BCUT2D eigenvalue weighted by atomic mass is 35.5. The molecule has 0 aliphatic heterocycles. The fourth-order valence-corrected chi connectivity index (χ4v) is 2.81. The number of carbonyl (C=O) groups is 1. The average molecular weight is 407 g/mol. The maximum atomic E-state index is 12.3. The Morgan fingerprint density at radius 1 is 0.846 bits per heavy atom. The Labute approximate surface area is 166 Å². The van der Waals surface area contributed by atoms with Crippen molar-refractivity contribution >= 4 is 46.4 Å². The molecule has 3 aromatic carbocycles. The normalized spacial score (nSPS) is 10.4. The van der Waals surface area contributed by atoms with Crippen LogP contribution in [0.5, 0.6) is 5.75 Å². The molecule has 132 valence electrons. The van der Waals surface area contributed by atoms with Crippen LogP contribution in [0.15, 0.2) is 66.7 Å². The molecule has 0 spiro atoms. The summed E-state index contributed by atoms with van der Waals surface area (Å²) in [7, 11) is 0. The van der Waals surface area contributed by atoms with Crippen LogP contribution in [0, 0.1) is 0 Å². The summed E-state index contributed by atoms with van der Waals surface area (Å²) in [4.78, 5) is 12.3. The minimum Gasteiger partial charge on any atom is -0.489 e. The molecule has 0 aliphatic rings. The first-order chi connectivity index (χ1) is 12.5. The molecule has 0 atom stereocenters. The van der Waals surface area contributed by atoms with Gasteiger partial charge >= 0.3 is 0 Å². The lowest BCUT2D eigenvalue weighted by atomic mass is 10.2. The molecule has 0 saturated heterocycles. The third-order valence-electron chi connectivity index (χ3n) is 3.67. The predicted octanol–water partition coefficient (Wildman–Crippen LogP) is 6.48. The molecule has 0 aromatic heterocycles. The maximum Gasteiger partial charge on any atom is 0.255 e. The number of halogens is 3. The Hall–Kier alpha value is -2.20. The molecule has 0 radical (unpaired) electrons. The van der Waals surface area contributed by atoms with Gasteiger partial charge in [-0.2, -0.15) is 0 Å². The van der Waals surface area contributed by atoms with E-state index in [1.54, 1.807) is 42.5 Å². The molecule has 0 fully saturated rings. The Morgan fingerprint density at radius 2 is 1.54 bits per heavy atom. The van der Waals surface area contributed by atoms with Gasteiger partial charge in [0.1, 0.15) is 12.4 Å². The molecule has 0 bridgehead atoms. The van der Waals surface area contributed by atoms with E-state index in [1.165, 1.54) is 0 Å². The van der Waals surface area contributed by atoms with Crippen molar-refractivity contribution < 1.29 is 9.53 Å². The lowest BCUT2D eigenvalue weighted by Crippen LogP contribution is -2.12. The number of ether oxygens (including phenoxy) is 1. The molecule has 0 unspecified atom stereocenters. The average Bonchev–Trinajstić information content (AvgIpc) is 2.65. The zero-order chi connectivity index (χ0) is 18.5. The molecule has 3 aromatic rings. The predicted molar refractivity (Wildman–Crippen MR) is 107 cm³/mol. The van der Waals surface area contributed by atoms with Crippen LogP contribution in [-0.4, -0.2) is 5.91 Å². The van der Waals surface area contributed by atoms with Gasteiger partial charge in [0, 0.05) is 16.1 Å². The van der Waals surface area contributed by atoms with Gasteiger partial charge in [0.2, 0.25) is 0 Å². The van der Waals surface area contributed by atoms with Crippen molar-refractivity contribution in [2.75, 3.05) is 5.32 Å². The quantitative estimate of drug-likeness (QED) is 0.526. The fourth-order valence-electron chi connectivity index (χ4n) is 2.27. The molecular formula is C20H14Cl3NO2. The highest BCUT2D eigenvalue weighted by Gasteiger charge is 2.10. The Morgan fingerprint density at radius 3 is 2.27 bits per heavy atom. The highest BCUT2D eigenvalue weighted by Crippen LogP contribution is 2.30. The summed E-state index contributed by atoms with van der Waals surface area (Å²) in [6.07, 6.45) is 0. The van der Waals surface area contributed by atoms with Gasteiger partial charge < -0.3 is 10.1 Å². The fraction of sp³-hybridized carbons (Fsp3) is 0.0500. The second-order valence-electron chi connectivity index (χ2n) is 5.46. The maximum absolute atomic E-state index is 12.3. The van der Waals surface area contributed by atoms with Gasteiger partial charge in [0.15, 0.2) is 0 Å². The van der Waals surface area contributed by atoms with Crippen LogP contribution < -0.4 is 10.1 Å². The Balaban J connectivity index is 1.64. The van der Waals surface area contributed by atoms with E-state index in [2.05, 4.69) is 5.32 Å². The van der Waals surface area contributed by atoms with Crippen LogP contribution in [0.2, 0.25) is 15.1 Å². The second kappa shape index (κ2) is 8.45. The lowest BCUT2D eigenvalue weighted by Gasteiger charge is -2.10. The minimum absolute atomic E-state index is 0.285. The number of hydrogen-bond donors (Lipinski definition) is 1. The van der Waals surface area contributed by atoms with Gasteiger partial charge in [-0.25, -0.2) is 0 Å². The van der Waals surface area contributed by atoms with Crippen molar-refractivity contribution in [2.45, 2.75) is 6.61 Å². The Kier molecular flexibility index (Phi) is 6.04. The van der Waals surface area contributed by atoms with Crippen LogP contribution in [0.3, 0.4) is 0 Å². The molecule has 1 N–H and O–H groups in total. The van der Waals surface area contributed by atoms with E-state index in [-0.39, 0.29) is 5.91 Å². The summed E-state index contributed by atoms with van der Waals surface area (Å²) in [5, 5.41) is 4.08. The van der Waals surface area contributed by atoms with E-state index in [4.69, 9.17) is 39.5 Å². The van der Waals surface area contributed by atoms with Gasteiger partial charge in [-0.3, -0.25) is 4.79 Å². The van der Waals surface area contributed by atoms with Gasteiger partial charge in [0.05, 0.1) is 15.7 Å². The number of amides is 1. The number of nitrogens with one attached hydrogen (secondary N) is 1. The SMILES string of the molecule is O=C(Nc1cccc(Cl)c1Cl)c1ccc(OCc2ccccc2Cl)cc1. The van der Waals surface area contributed by atoms with Crippen LogP contribution in [0.4, 0.5) is 5.69 Å². The molecule has 0 aliphatic carbocycles. The molecule has 3 nitrogen and oxygen atoms in total. The number of anilines is 1. The summed E-state index contributed by atoms with van der Waals surface area (Å²) in [6, 6.07) is 19.4. The van der Waals surface area contributed by atoms with E-state index in [9.17, 15) is 4.79 Å². The topological polar surface area (TPSA) is 38.3 Å². The molecule has 26 heavy (non-hydrogen) atoms. The van der Waals surface area contributed by atoms with E-state index in [1.807, 2.05) is 24.3 Å². The van der Waals surface area contributed by atoms with Gasteiger partial charge in [-0.1, -0.05) is 59.1 Å². The van der Waals surface area contributed by atoms with Crippen molar-refractivity contribution in [1.29, 1.82) is 0 Å². The van der Waals surface area contributed by atoms with Crippen LogP contribution >= 0.6 is 34.8 Å². The minimum atomic E-state index is -0.285. The van der Waals surface area contributed by atoms with Crippen molar-refractivity contribution in [2.24, 2.45) is 0 Å². The summed E-state index contributed by atoms with van der Waals surface area (Å²) in [5.41, 5.74) is 1.83. The molecule has 0 saturated carbocycles. The highest BCUT2D eigenvalue weighted by molar-refractivity contribution is 6.44. The third kappa shape index (κ3) is 4.50. The van der Waals surface area contributed by atoms with Gasteiger partial charge in [0.25, 0.3) is 5.91 Å². The van der Waals surface area contributed by atoms with E-state index in [0.29, 0.717) is 38.7 Å². The summed E-state index contributed by atoms with van der Waals surface area (Å²) in [5.74, 6) is 0.356. The van der Waals surface area contributed by atoms with Crippen molar-refractivity contribution in [3.8, 4) is 5.75 Å². The third-order valence-corrected chi connectivity index (χ3v) is 4.86. The van der Waals surface area contributed by atoms with Gasteiger partial charge in [-0.15, -0.1) is 0 Å². The summed E-state index contributed by atoms with van der Waals surface area (Å²) >= 11 is 18.1. The number of hydrogen-bond acceptors (Lipinski definition) is 2. The summed E-state index contributed by atoms with van der Waals surface area (Å²) in [6.45, 7) is 0.351. The molecular weight excluding hydrogens is 393 g/mol. The number of benzene rings is 3. The van der Waals surface area contributed by atoms with Crippen LogP contribution in [-0.2, 0) is 6.61 Å². The second-order valence-corrected chi connectivity index (χ2v) is 6.65. The van der Waals surface area contributed by atoms with Crippen molar-refractivity contribution in [3.63, 3.8) is 0 Å². The number of rotatable bonds is 5. The summed E-state index contributed by atoms with van der Waals surface area (Å²) < 4.78 is 5.71. The largest absolute Gasteiger partial charge is 0.489 e. The van der Waals surface area contributed by atoms with Crippen LogP contribution in [0.1, 0.15) is 15.9 Å².